The molecule has 0 saturated heterocycles. The second kappa shape index (κ2) is 16.6. The zero-order chi connectivity index (χ0) is 38.9. The van der Waals surface area contributed by atoms with Crippen LogP contribution in [0.3, 0.4) is 0 Å². The van der Waals surface area contributed by atoms with Crippen molar-refractivity contribution in [2.45, 2.75) is 40.9 Å². The van der Waals surface area contributed by atoms with E-state index in [4.69, 9.17) is 24.3 Å². The molecule has 9 rings (SSSR count). The summed E-state index contributed by atoms with van der Waals surface area (Å²) < 4.78 is 23.8. The van der Waals surface area contributed by atoms with Crippen molar-refractivity contribution in [2.24, 2.45) is 0 Å². The summed E-state index contributed by atoms with van der Waals surface area (Å²) in [6, 6.07) is 49.6. The first kappa shape index (κ1) is 38.4. The fourth-order valence-corrected chi connectivity index (χ4v) is 7.33. The number of ether oxygens (including phenoxy) is 3. The largest absolute Gasteiger partial charge is 2.00 e. The summed E-state index contributed by atoms with van der Waals surface area (Å²) in [5, 5.41) is 7.03. The van der Waals surface area contributed by atoms with Crippen LogP contribution in [0.4, 0.5) is 0 Å². The number of aryl methyl sites for hydroxylation is 1. The van der Waals surface area contributed by atoms with Gasteiger partial charge in [0.1, 0.15) is 30.5 Å². The van der Waals surface area contributed by atoms with Gasteiger partial charge in [-0.3, -0.25) is 4.68 Å². The van der Waals surface area contributed by atoms with E-state index in [9.17, 15) is 0 Å². The molecular formula is C50H40N4O3Pt. The van der Waals surface area contributed by atoms with Crippen molar-refractivity contribution in [3.63, 3.8) is 0 Å². The minimum Gasteiger partial charge on any atom is -0.509 e. The average molecular weight is 940 g/mol. The summed E-state index contributed by atoms with van der Waals surface area (Å²) in [7, 11) is 0. The standard InChI is InChI=1S/C50H40N4O3.Pt/c1-33-24-25-51-47(26-33)54-45-21-12-11-20-43(45)44-23-22-42(28-46(44)54)57-41-19-13-18-40(27-41)53-30-39(29-52-53)48-49(55-31-37-14-7-5-8-15-37)35(3)34(2)36(4)50(48)56-32-38-16-9-6-10-17-38;/h5-26,29-30H,31-32H2,1-4H3;/q-2;+2. The number of nitrogens with zero attached hydrogens (tertiary/aromatic N) is 4. The van der Waals surface area contributed by atoms with Crippen LogP contribution in [0.25, 0.3) is 44.4 Å². The average Bonchev–Trinajstić information content (AvgIpc) is 3.86. The monoisotopic (exact) mass is 939 g/mol. The second-order valence-corrected chi connectivity index (χ2v) is 14.3. The molecule has 3 heterocycles. The zero-order valence-electron chi connectivity index (χ0n) is 32.6. The molecule has 288 valence electrons. The van der Waals surface area contributed by atoms with E-state index in [0.29, 0.717) is 24.7 Å². The summed E-state index contributed by atoms with van der Waals surface area (Å²) >= 11 is 0. The molecule has 0 spiro atoms. The molecule has 0 saturated carbocycles. The molecule has 8 heteroatoms. The van der Waals surface area contributed by atoms with Gasteiger partial charge in [-0.1, -0.05) is 84.4 Å². The van der Waals surface area contributed by atoms with Gasteiger partial charge in [-0.05, 0) is 90.3 Å². The third kappa shape index (κ3) is 7.54. The maximum absolute atomic E-state index is 6.68. The number of para-hydroxylation sites is 1. The number of fused-ring (bicyclic) bond motifs is 3. The second-order valence-electron chi connectivity index (χ2n) is 14.3. The molecule has 0 aliphatic rings. The van der Waals surface area contributed by atoms with Crippen LogP contribution < -0.4 is 14.2 Å². The van der Waals surface area contributed by atoms with Crippen LogP contribution in [0.5, 0.6) is 23.0 Å². The first-order valence-electron chi connectivity index (χ1n) is 19.0. The summed E-state index contributed by atoms with van der Waals surface area (Å²) in [6.45, 7) is 9.25. The van der Waals surface area contributed by atoms with Crippen LogP contribution in [0, 0.1) is 39.8 Å². The molecule has 58 heavy (non-hydrogen) atoms. The zero-order valence-corrected chi connectivity index (χ0v) is 34.9. The Kier molecular flexibility index (Phi) is 11.0. The molecule has 6 aromatic carbocycles. The van der Waals surface area contributed by atoms with Gasteiger partial charge < -0.3 is 18.8 Å². The Morgan fingerprint density at radius 2 is 1.28 bits per heavy atom. The van der Waals surface area contributed by atoms with Crippen LogP contribution >= 0.6 is 0 Å². The summed E-state index contributed by atoms with van der Waals surface area (Å²) in [4.78, 5) is 4.71. The molecule has 0 amide bonds. The third-order valence-electron chi connectivity index (χ3n) is 10.5. The minimum atomic E-state index is 0. The van der Waals surface area contributed by atoms with Crippen LogP contribution in [-0.2, 0) is 34.3 Å². The molecule has 0 aliphatic heterocycles. The fourth-order valence-electron chi connectivity index (χ4n) is 7.33. The number of hydrogen-bond donors (Lipinski definition) is 0. The van der Waals surface area contributed by atoms with Crippen molar-refractivity contribution in [1.82, 2.24) is 19.3 Å². The quantitative estimate of drug-likeness (QED) is 0.121. The molecule has 3 aromatic heterocycles. The molecule has 7 nitrogen and oxygen atoms in total. The molecule has 0 radical (unpaired) electrons. The van der Waals surface area contributed by atoms with Crippen LogP contribution in [0.1, 0.15) is 33.4 Å². The van der Waals surface area contributed by atoms with E-state index in [0.717, 1.165) is 89.3 Å². The van der Waals surface area contributed by atoms with Crippen LogP contribution in [-0.4, -0.2) is 19.3 Å². The smallest absolute Gasteiger partial charge is 0.509 e. The van der Waals surface area contributed by atoms with Crippen LogP contribution in [0.2, 0.25) is 0 Å². The predicted molar refractivity (Wildman–Crippen MR) is 226 cm³/mol. The Morgan fingerprint density at radius 1 is 0.621 bits per heavy atom. The molecule has 0 atom stereocenters. The summed E-state index contributed by atoms with van der Waals surface area (Å²) in [6.07, 6.45) is 5.69. The Morgan fingerprint density at radius 3 is 1.97 bits per heavy atom. The molecular weight excluding hydrogens is 900 g/mol. The molecule has 0 unspecified atom stereocenters. The number of pyridine rings is 1. The van der Waals surface area contributed by atoms with Crippen molar-refractivity contribution in [3.05, 3.63) is 191 Å². The maximum atomic E-state index is 6.68. The van der Waals surface area contributed by atoms with E-state index in [1.54, 1.807) is 0 Å². The first-order valence-corrected chi connectivity index (χ1v) is 19.0. The van der Waals surface area contributed by atoms with E-state index in [2.05, 4.69) is 99.0 Å². The van der Waals surface area contributed by atoms with Gasteiger partial charge in [0, 0.05) is 35.0 Å². The molecule has 0 bridgehead atoms. The Bertz CT molecular complexity index is 2810. The number of benzene rings is 6. The molecule has 0 N–H and O–H groups in total. The van der Waals surface area contributed by atoms with Crippen molar-refractivity contribution in [1.29, 1.82) is 0 Å². The van der Waals surface area contributed by atoms with Gasteiger partial charge in [0.2, 0.25) is 0 Å². The minimum absolute atomic E-state index is 0. The maximum Gasteiger partial charge on any atom is 2.00 e. The van der Waals surface area contributed by atoms with E-state index in [1.807, 2.05) is 96.1 Å². The number of rotatable bonds is 11. The van der Waals surface area contributed by atoms with Gasteiger partial charge >= 0.3 is 21.1 Å². The molecule has 0 aliphatic carbocycles. The fraction of sp³-hybridized carbons (Fsp3) is 0.120. The van der Waals surface area contributed by atoms with E-state index in [1.165, 1.54) is 0 Å². The van der Waals surface area contributed by atoms with Crippen LogP contribution in [0.15, 0.2) is 146 Å². The van der Waals surface area contributed by atoms with Gasteiger partial charge in [-0.2, -0.15) is 17.2 Å². The first-order chi connectivity index (χ1) is 27.9. The van der Waals surface area contributed by atoms with E-state index in [-0.39, 0.29) is 21.1 Å². The summed E-state index contributed by atoms with van der Waals surface area (Å²) in [5.41, 5.74) is 10.9. The molecule has 9 aromatic rings. The number of aromatic nitrogens is 4. The van der Waals surface area contributed by atoms with Crippen molar-refractivity contribution < 1.29 is 35.3 Å². The van der Waals surface area contributed by atoms with Gasteiger partial charge in [-0.25, -0.2) is 4.98 Å². The van der Waals surface area contributed by atoms with E-state index < -0.39 is 0 Å². The molecule has 0 fully saturated rings. The van der Waals surface area contributed by atoms with Crippen molar-refractivity contribution in [2.75, 3.05) is 0 Å². The van der Waals surface area contributed by atoms with Gasteiger partial charge in [0.25, 0.3) is 0 Å². The number of hydrogen-bond acceptors (Lipinski definition) is 5. The Hall–Kier alpha value is -6.43. The Balaban J connectivity index is 0.00000469. The van der Waals surface area contributed by atoms with Crippen molar-refractivity contribution >= 4 is 21.8 Å². The Labute approximate surface area is 352 Å². The topological polar surface area (TPSA) is 63.3 Å². The third-order valence-corrected chi connectivity index (χ3v) is 10.5. The van der Waals surface area contributed by atoms with Crippen molar-refractivity contribution in [3.8, 4) is 45.6 Å². The van der Waals surface area contributed by atoms with Gasteiger partial charge in [-0.15, -0.1) is 35.7 Å². The SMILES string of the molecule is Cc1ccnc(-n2c3[c-]c(Oc4[c-]c(-n5cc(-c6c(OCc7ccccc7)c(C)c(C)c(C)c6OCc6ccccc6)cn5)ccc4)ccc3c3ccccc32)c1.[Pt+2]. The summed E-state index contributed by atoms with van der Waals surface area (Å²) in [5.74, 6) is 3.49. The predicted octanol–water partition coefficient (Wildman–Crippen LogP) is 11.8. The van der Waals surface area contributed by atoms with E-state index >= 15 is 0 Å². The normalized spacial score (nSPS) is 11.1. The van der Waals surface area contributed by atoms with Gasteiger partial charge in [0.05, 0.1) is 11.8 Å². The van der Waals surface area contributed by atoms with Gasteiger partial charge in [0.15, 0.2) is 0 Å².